The minimum Gasteiger partial charge on any atom is -0.323 e. The summed E-state index contributed by atoms with van der Waals surface area (Å²) in [5, 5.41) is 5.82. The molecule has 150 valence electrons. The number of hydrogen-bond acceptors (Lipinski definition) is 3. The van der Waals surface area contributed by atoms with E-state index in [0.717, 1.165) is 29.7 Å². The maximum atomic E-state index is 13.1. The molecule has 4 amide bonds. The summed E-state index contributed by atoms with van der Waals surface area (Å²) in [7, 11) is 0. The van der Waals surface area contributed by atoms with E-state index in [1.807, 2.05) is 18.2 Å². The molecule has 2 aliphatic rings. The van der Waals surface area contributed by atoms with Crippen LogP contribution in [0.25, 0.3) is 0 Å². The molecule has 2 aromatic rings. The van der Waals surface area contributed by atoms with E-state index in [-0.39, 0.29) is 5.02 Å². The smallest absolute Gasteiger partial charge is 0.323 e. The van der Waals surface area contributed by atoms with E-state index in [9.17, 15) is 14.4 Å². The summed E-state index contributed by atoms with van der Waals surface area (Å²) in [6.07, 6.45) is 3.09. The average molecular weight is 432 g/mol. The molecule has 1 unspecified atom stereocenters. The molecule has 2 aromatic carbocycles. The van der Waals surface area contributed by atoms with Crippen molar-refractivity contribution in [2.45, 2.75) is 31.7 Å². The van der Waals surface area contributed by atoms with E-state index in [2.05, 4.69) is 10.6 Å². The first-order valence-corrected chi connectivity index (χ1v) is 10.1. The Bertz CT molecular complexity index is 1040. The van der Waals surface area contributed by atoms with Gasteiger partial charge < -0.3 is 10.6 Å². The Balaban J connectivity index is 1.52. The van der Waals surface area contributed by atoms with Crippen molar-refractivity contribution >= 4 is 46.7 Å². The zero-order chi connectivity index (χ0) is 20.8. The molecular formula is C21H19Cl2N3O3. The van der Waals surface area contributed by atoms with Crippen LogP contribution in [-0.4, -0.2) is 29.3 Å². The molecule has 0 aromatic heterocycles. The van der Waals surface area contributed by atoms with Crippen molar-refractivity contribution in [3.63, 3.8) is 0 Å². The van der Waals surface area contributed by atoms with Crippen molar-refractivity contribution in [2.75, 3.05) is 11.9 Å². The lowest BCUT2D eigenvalue weighted by atomic mass is 9.89. The molecule has 1 fully saturated rings. The van der Waals surface area contributed by atoms with Crippen molar-refractivity contribution in [1.29, 1.82) is 0 Å². The number of benzene rings is 2. The monoisotopic (exact) mass is 431 g/mol. The summed E-state index contributed by atoms with van der Waals surface area (Å²) in [5.41, 5.74) is 2.32. The van der Waals surface area contributed by atoms with Gasteiger partial charge in [0.15, 0.2) is 0 Å². The Morgan fingerprint density at radius 1 is 1.17 bits per heavy atom. The summed E-state index contributed by atoms with van der Waals surface area (Å²) < 4.78 is 0. The summed E-state index contributed by atoms with van der Waals surface area (Å²) in [4.78, 5) is 38.9. The fourth-order valence-corrected chi connectivity index (χ4v) is 4.20. The normalized spacial score (nSPS) is 20.6. The van der Waals surface area contributed by atoms with Gasteiger partial charge in [-0.05, 0) is 55.0 Å². The first-order valence-electron chi connectivity index (χ1n) is 9.30. The molecule has 0 saturated carbocycles. The molecular weight excluding hydrogens is 413 g/mol. The summed E-state index contributed by atoms with van der Waals surface area (Å²) in [6, 6.07) is 10.1. The van der Waals surface area contributed by atoms with Gasteiger partial charge in [0.25, 0.3) is 5.91 Å². The van der Waals surface area contributed by atoms with Gasteiger partial charge in [0.05, 0.1) is 15.7 Å². The van der Waals surface area contributed by atoms with Crippen LogP contribution in [0.3, 0.4) is 0 Å². The van der Waals surface area contributed by atoms with Crippen molar-refractivity contribution in [3.8, 4) is 0 Å². The van der Waals surface area contributed by atoms with Crippen LogP contribution in [0.4, 0.5) is 10.5 Å². The molecule has 2 N–H and O–H groups in total. The van der Waals surface area contributed by atoms with Crippen LogP contribution in [0.2, 0.25) is 10.0 Å². The van der Waals surface area contributed by atoms with E-state index >= 15 is 0 Å². The second-order valence-electron chi connectivity index (χ2n) is 7.43. The third kappa shape index (κ3) is 3.47. The molecule has 0 radical (unpaired) electrons. The zero-order valence-corrected chi connectivity index (χ0v) is 17.2. The lowest BCUT2D eigenvalue weighted by Gasteiger charge is -2.23. The molecule has 4 rings (SSSR count). The highest BCUT2D eigenvalue weighted by Gasteiger charge is 2.49. The number of hydrogen-bond donors (Lipinski definition) is 2. The number of nitrogens with one attached hydrogen (secondary N) is 2. The summed E-state index contributed by atoms with van der Waals surface area (Å²) in [5.74, 6) is -1.01. The molecule has 1 aliphatic carbocycles. The minimum atomic E-state index is -1.21. The van der Waals surface area contributed by atoms with E-state index in [4.69, 9.17) is 23.2 Å². The predicted octanol–water partition coefficient (Wildman–Crippen LogP) is 3.89. The molecule has 29 heavy (non-hydrogen) atoms. The lowest BCUT2D eigenvalue weighted by Crippen LogP contribution is -2.42. The molecule has 1 aliphatic heterocycles. The van der Waals surface area contributed by atoms with Crippen LogP contribution in [0.1, 0.15) is 30.0 Å². The highest BCUT2D eigenvalue weighted by Crippen LogP contribution is 2.33. The summed E-state index contributed by atoms with van der Waals surface area (Å²) in [6.45, 7) is 1.24. The van der Waals surface area contributed by atoms with E-state index in [1.165, 1.54) is 11.1 Å². The van der Waals surface area contributed by atoms with Crippen LogP contribution < -0.4 is 10.6 Å². The highest BCUT2D eigenvalue weighted by molar-refractivity contribution is 6.44. The average Bonchev–Trinajstić information content (AvgIpc) is 3.24. The Hall–Kier alpha value is -2.57. The van der Waals surface area contributed by atoms with Gasteiger partial charge in [-0.2, -0.15) is 0 Å². The van der Waals surface area contributed by atoms with Crippen molar-refractivity contribution in [1.82, 2.24) is 10.2 Å². The Labute approximate surface area is 178 Å². The first kappa shape index (κ1) is 19.7. The third-order valence-corrected chi connectivity index (χ3v) is 6.30. The van der Waals surface area contributed by atoms with Crippen molar-refractivity contribution < 1.29 is 14.4 Å². The topological polar surface area (TPSA) is 78.5 Å². The van der Waals surface area contributed by atoms with Crippen LogP contribution in [0, 0.1) is 0 Å². The number of imide groups is 1. The van der Waals surface area contributed by atoms with Gasteiger partial charge in [-0.3, -0.25) is 14.5 Å². The molecule has 0 bridgehead atoms. The second kappa shape index (κ2) is 7.35. The van der Waals surface area contributed by atoms with E-state index in [0.29, 0.717) is 10.7 Å². The zero-order valence-electron chi connectivity index (χ0n) is 15.7. The van der Waals surface area contributed by atoms with E-state index in [1.54, 1.807) is 25.1 Å². The number of aryl methyl sites for hydroxylation is 2. The number of urea groups is 1. The van der Waals surface area contributed by atoms with Crippen LogP contribution in [-0.2, 0) is 28.0 Å². The number of anilines is 1. The Kier molecular flexibility index (Phi) is 5.00. The summed E-state index contributed by atoms with van der Waals surface area (Å²) >= 11 is 12.0. The number of amides is 4. The molecule has 1 heterocycles. The quantitative estimate of drug-likeness (QED) is 0.720. The number of carbonyl (C=O) groups is 3. The maximum absolute atomic E-state index is 13.1. The van der Waals surface area contributed by atoms with Gasteiger partial charge in [0.1, 0.15) is 12.1 Å². The van der Waals surface area contributed by atoms with E-state index < -0.39 is 29.9 Å². The van der Waals surface area contributed by atoms with Crippen LogP contribution in [0.5, 0.6) is 0 Å². The van der Waals surface area contributed by atoms with Gasteiger partial charge in [-0.1, -0.05) is 47.5 Å². The Morgan fingerprint density at radius 3 is 2.72 bits per heavy atom. The number of halogens is 2. The van der Waals surface area contributed by atoms with Gasteiger partial charge in [-0.15, -0.1) is 0 Å². The Morgan fingerprint density at radius 2 is 1.93 bits per heavy atom. The minimum absolute atomic E-state index is 0.197. The highest BCUT2D eigenvalue weighted by atomic mass is 35.5. The molecule has 1 atom stereocenters. The van der Waals surface area contributed by atoms with Crippen molar-refractivity contribution in [2.24, 2.45) is 0 Å². The largest absolute Gasteiger partial charge is 0.325 e. The van der Waals surface area contributed by atoms with Crippen LogP contribution in [0.15, 0.2) is 36.4 Å². The second-order valence-corrected chi connectivity index (χ2v) is 8.22. The van der Waals surface area contributed by atoms with Crippen LogP contribution >= 0.6 is 23.2 Å². The van der Waals surface area contributed by atoms with Crippen molar-refractivity contribution in [3.05, 3.63) is 63.1 Å². The first-order chi connectivity index (χ1) is 13.8. The van der Waals surface area contributed by atoms with Gasteiger partial charge in [0, 0.05) is 0 Å². The van der Waals surface area contributed by atoms with Gasteiger partial charge in [0.2, 0.25) is 5.91 Å². The third-order valence-electron chi connectivity index (χ3n) is 5.48. The number of nitrogens with zero attached hydrogens (tertiary/aromatic N) is 1. The lowest BCUT2D eigenvalue weighted by molar-refractivity contribution is -0.133. The van der Waals surface area contributed by atoms with Gasteiger partial charge >= 0.3 is 6.03 Å². The fourth-order valence-electron chi connectivity index (χ4n) is 3.85. The SMILES string of the molecule is CC1(c2ccc3c(c2)CCC3)NC(=O)N(CC(=O)Nc2cccc(Cl)c2Cl)C1=O. The molecule has 6 nitrogen and oxygen atoms in total. The number of carbonyl (C=O) groups excluding carboxylic acids is 3. The maximum Gasteiger partial charge on any atom is 0.325 e. The number of rotatable bonds is 4. The predicted molar refractivity (Wildman–Crippen MR) is 111 cm³/mol. The fraction of sp³-hybridized carbons (Fsp3) is 0.286. The molecule has 8 heteroatoms. The molecule has 1 saturated heterocycles. The molecule has 0 spiro atoms. The number of fused-ring (bicyclic) bond motifs is 1. The van der Waals surface area contributed by atoms with Gasteiger partial charge in [-0.25, -0.2) is 4.79 Å². The standard InChI is InChI=1S/C21H19Cl2N3O3/c1-21(14-9-8-12-4-2-5-13(12)10-14)19(28)26(20(29)25-21)11-17(27)24-16-7-3-6-15(22)18(16)23/h3,6-10H,2,4-5,11H2,1H3,(H,24,27)(H,25,29).